The third-order valence-corrected chi connectivity index (χ3v) is 14.6. The molecule has 14 aromatic rings. The van der Waals surface area contributed by atoms with E-state index in [4.69, 9.17) is 9.97 Å². The fraction of sp³-hybridized carbons (Fsp3) is 0. The van der Waals surface area contributed by atoms with Gasteiger partial charge in [-0.2, -0.15) is 0 Å². The molecule has 4 heterocycles. The Morgan fingerprint density at radius 3 is 1.12 bits per heavy atom. The lowest BCUT2D eigenvalue weighted by molar-refractivity contribution is 1.19. The number of benzene rings is 10. The summed E-state index contributed by atoms with van der Waals surface area (Å²) in [5, 5.41) is 7.31. The lowest BCUT2D eigenvalue weighted by atomic mass is 9.97. The molecule has 8 heteroatoms. The minimum Gasteiger partial charge on any atom is -0.268 e. The SMILES string of the molecule is O=c1c2ccc(Br)c3cccc(c32)c2nc3c(-c4ccccc4)cc(-c4ccccc4)cc3n12.O=c1c2cccc3c(Br)ccc(c32)c2nc3c(-c4ccccc4)cc(-c4ccccc4)cc3n12. The van der Waals surface area contributed by atoms with Crippen molar-refractivity contribution >= 4 is 108 Å². The summed E-state index contributed by atoms with van der Waals surface area (Å²) in [7, 11) is 0. The molecule has 6 nitrogen and oxygen atoms in total. The van der Waals surface area contributed by atoms with Crippen LogP contribution in [-0.2, 0) is 0 Å². The van der Waals surface area contributed by atoms with Crippen LogP contribution in [0.2, 0.25) is 0 Å². The number of nitrogens with zero attached hydrogens (tertiary/aromatic N) is 4. The molecule has 320 valence electrons. The third kappa shape index (κ3) is 6.21. The quantitative estimate of drug-likeness (QED) is 0.176. The second kappa shape index (κ2) is 15.8. The van der Waals surface area contributed by atoms with Crippen molar-refractivity contribution in [1.29, 1.82) is 0 Å². The maximum absolute atomic E-state index is 13.9. The van der Waals surface area contributed by atoms with Gasteiger partial charge >= 0.3 is 0 Å². The molecule has 0 saturated heterocycles. The second-order valence-electron chi connectivity index (χ2n) is 17.0. The monoisotopic (exact) mass is 1000 g/mol. The van der Waals surface area contributed by atoms with E-state index >= 15 is 0 Å². The van der Waals surface area contributed by atoms with E-state index in [2.05, 4.69) is 117 Å². The van der Waals surface area contributed by atoms with Gasteiger partial charge in [0.1, 0.15) is 11.3 Å². The van der Waals surface area contributed by atoms with E-state index in [1.54, 1.807) is 8.80 Å². The lowest BCUT2D eigenvalue weighted by Gasteiger charge is -2.09. The average molecular weight is 1000 g/mol. The summed E-state index contributed by atoms with van der Waals surface area (Å²) in [6.07, 6.45) is 0. The van der Waals surface area contributed by atoms with Gasteiger partial charge in [0.25, 0.3) is 11.1 Å². The van der Waals surface area contributed by atoms with Crippen molar-refractivity contribution in [2.45, 2.75) is 0 Å². The van der Waals surface area contributed by atoms with Crippen LogP contribution in [0.5, 0.6) is 0 Å². The molecule has 4 aromatic heterocycles. The van der Waals surface area contributed by atoms with Crippen molar-refractivity contribution in [2.75, 3.05) is 0 Å². The zero-order chi connectivity index (χ0) is 45.6. The molecule has 0 aliphatic carbocycles. The Kier molecular flexibility index (Phi) is 9.35. The van der Waals surface area contributed by atoms with Gasteiger partial charge in [0.2, 0.25) is 0 Å². The summed E-state index contributed by atoms with van der Waals surface area (Å²) in [5.74, 6) is 0. The van der Waals surface area contributed by atoms with Crippen LogP contribution in [0.4, 0.5) is 0 Å². The number of rotatable bonds is 4. The highest BCUT2D eigenvalue weighted by Gasteiger charge is 2.22. The summed E-state index contributed by atoms with van der Waals surface area (Å²) < 4.78 is 5.53. The largest absolute Gasteiger partial charge is 0.268 e. The van der Waals surface area contributed by atoms with Crippen LogP contribution in [0.3, 0.4) is 0 Å². The van der Waals surface area contributed by atoms with E-state index < -0.39 is 0 Å². The molecule has 14 rings (SSSR count). The number of fused-ring (bicyclic) bond motifs is 8. The van der Waals surface area contributed by atoms with E-state index in [-0.39, 0.29) is 11.1 Å². The summed E-state index contributed by atoms with van der Waals surface area (Å²) in [6, 6.07) is 69.6. The highest BCUT2D eigenvalue weighted by Crippen LogP contribution is 2.40. The van der Waals surface area contributed by atoms with Crippen LogP contribution in [0.25, 0.3) is 121 Å². The first-order chi connectivity index (χ1) is 33.4. The number of aromatic nitrogens is 4. The Labute approximate surface area is 405 Å². The third-order valence-electron chi connectivity index (χ3n) is 13.2. The van der Waals surface area contributed by atoms with Gasteiger partial charge < -0.3 is 0 Å². The fourth-order valence-electron chi connectivity index (χ4n) is 10.1. The first-order valence-electron chi connectivity index (χ1n) is 22.3. The molecular formula is C60H34Br2N4O2. The topological polar surface area (TPSA) is 68.7 Å². The standard InChI is InChI=1S/2C30H17BrN2O/c31-25-15-14-22-27-21(25)12-7-13-23(27)30(34)33-26-17-20(18-8-3-1-4-9-18)16-24(28(26)32-29(22)33)19-10-5-2-6-11-19;31-25-15-14-23-27-21(25)12-7-13-22(27)29-32-28-24(19-10-5-2-6-11-19)16-20(18-8-3-1-4-9-18)17-26(28)33(29)30(23)34/h2*1-17H. The minimum absolute atomic E-state index is 0.0436. The van der Waals surface area contributed by atoms with Gasteiger partial charge in [-0.25, -0.2) is 9.97 Å². The van der Waals surface area contributed by atoms with Crippen molar-refractivity contribution in [1.82, 2.24) is 18.8 Å². The van der Waals surface area contributed by atoms with E-state index in [0.29, 0.717) is 22.1 Å². The highest BCUT2D eigenvalue weighted by atomic mass is 79.9. The molecule has 0 bridgehead atoms. The van der Waals surface area contributed by atoms with Crippen LogP contribution < -0.4 is 11.1 Å². The normalized spacial score (nSPS) is 11.8. The second-order valence-corrected chi connectivity index (χ2v) is 18.8. The predicted molar refractivity (Wildman–Crippen MR) is 287 cm³/mol. The van der Waals surface area contributed by atoms with Crippen molar-refractivity contribution in [3.8, 4) is 44.5 Å². The molecule has 0 amide bonds. The lowest BCUT2D eigenvalue weighted by Crippen LogP contribution is -2.13. The van der Waals surface area contributed by atoms with Gasteiger partial charge in [0, 0.05) is 52.4 Å². The number of hydrogen-bond acceptors (Lipinski definition) is 4. The van der Waals surface area contributed by atoms with E-state index in [1.165, 1.54) is 0 Å². The van der Waals surface area contributed by atoms with Gasteiger partial charge in [-0.1, -0.05) is 184 Å². The molecule has 0 aliphatic heterocycles. The Morgan fingerprint density at radius 2 is 0.676 bits per heavy atom. The predicted octanol–water partition coefficient (Wildman–Crippen LogP) is 15.4. The summed E-state index contributed by atoms with van der Waals surface area (Å²) >= 11 is 7.30. The fourth-order valence-corrected chi connectivity index (χ4v) is 11.0. The summed E-state index contributed by atoms with van der Waals surface area (Å²) in [4.78, 5) is 38.0. The number of imidazole rings is 2. The van der Waals surface area contributed by atoms with Gasteiger partial charge in [-0.05, 0) is 98.8 Å². The zero-order valence-electron chi connectivity index (χ0n) is 36.0. The minimum atomic E-state index is -0.0436. The Balaban J connectivity index is 0.000000134. The Bertz CT molecular complexity index is 4190. The highest BCUT2D eigenvalue weighted by molar-refractivity contribution is 9.11. The molecule has 10 aromatic carbocycles. The van der Waals surface area contributed by atoms with Crippen molar-refractivity contribution < 1.29 is 0 Å². The molecule has 0 N–H and O–H groups in total. The molecular weight excluding hydrogens is 968 g/mol. The van der Waals surface area contributed by atoms with Crippen LogP contribution in [0.15, 0.2) is 225 Å². The first kappa shape index (κ1) is 40.3. The average Bonchev–Trinajstić information content (AvgIpc) is 3.99. The van der Waals surface area contributed by atoms with E-state index in [1.807, 2.05) is 121 Å². The molecule has 0 aliphatic rings. The van der Waals surface area contributed by atoms with Crippen molar-refractivity contribution in [3.63, 3.8) is 0 Å². The molecule has 0 spiro atoms. The van der Waals surface area contributed by atoms with Gasteiger partial charge in [0.15, 0.2) is 0 Å². The van der Waals surface area contributed by atoms with Gasteiger partial charge in [0.05, 0.1) is 22.1 Å². The molecule has 0 saturated carbocycles. The Morgan fingerprint density at radius 1 is 0.324 bits per heavy atom. The molecule has 0 radical (unpaired) electrons. The van der Waals surface area contributed by atoms with E-state index in [0.717, 1.165) is 108 Å². The maximum atomic E-state index is 13.9. The summed E-state index contributed by atoms with van der Waals surface area (Å²) in [5.41, 5.74) is 13.1. The van der Waals surface area contributed by atoms with E-state index in [9.17, 15) is 9.59 Å². The molecule has 0 atom stereocenters. The first-order valence-corrected chi connectivity index (χ1v) is 23.9. The van der Waals surface area contributed by atoms with Crippen molar-refractivity contribution in [2.24, 2.45) is 0 Å². The van der Waals surface area contributed by atoms with Crippen molar-refractivity contribution in [3.05, 3.63) is 236 Å². The van der Waals surface area contributed by atoms with Crippen LogP contribution in [-0.4, -0.2) is 18.8 Å². The van der Waals surface area contributed by atoms with Crippen LogP contribution >= 0.6 is 31.9 Å². The van der Waals surface area contributed by atoms with Gasteiger partial charge in [-0.3, -0.25) is 18.4 Å². The van der Waals surface area contributed by atoms with Crippen LogP contribution in [0.1, 0.15) is 0 Å². The Hall–Kier alpha value is -8.04. The smallest absolute Gasteiger partial charge is 0.264 e. The summed E-state index contributed by atoms with van der Waals surface area (Å²) in [6.45, 7) is 0. The molecule has 68 heavy (non-hydrogen) atoms. The number of pyridine rings is 2. The number of halogens is 2. The maximum Gasteiger partial charge on any atom is 0.264 e. The molecule has 0 unspecified atom stereocenters. The van der Waals surface area contributed by atoms with Gasteiger partial charge in [-0.15, -0.1) is 0 Å². The number of hydrogen-bond donors (Lipinski definition) is 0. The molecule has 0 fully saturated rings. The zero-order valence-corrected chi connectivity index (χ0v) is 39.2. The van der Waals surface area contributed by atoms with Crippen LogP contribution in [0, 0.1) is 0 Å².